The number of ether oxygens (including phenoxy) is 1. The van der Waals surface area contributed by atoms with Crippen molar-refractivity contribution in [2.24, 2.45) is 0 Å². The summed E-state index contributed by atoms with van der Waals surface area (Å²) in [7, 11) is -2.41. The molecule has 0 aliphatic carbocycles. The minimum Gasteiger partial charge on any atom is -0.454 e. The molecule has 142 valence electrons. The molecule has 0 saturated carbocycles. The molecule has 1 aliphatic heterocycles. The predicted molar refractivity (Wildman–Crippen MR) is 108 cm³/mol. The predicted octanol–water partition coefficient (Wildman–Crippen LogP) is 4.18. The first-order valence-electron chi connectivity index (χ1n) is 8.64. The van der Waals surface area contributed by atoms with E-state index in [2.05, 4.69) is 5.32 Å². The highest BCUT2D eigenvalue weighted by atomic mass is 32.2. The van der Waals surface area contributed by atoms with Crippen LogP contribution in [0.15, 0.2) is 71.6 Å². The molecule has 28 heavy (non-hydrogen) atoms. The number of anilines is 2. The van der Waals surface area contributed by atoms with Crippen LogP contribution in [0.3, 0.4) is 0 Å². The number of nitrogens with zero attached hydrogens (tertiary/aromatic N) is 1. The van der Waals surface area contributed by atoms with Gasteiger partial charge in [0.05, 0.1) is 5.69 Å². The number of para-hydroxylation sites is 1. The van der Waals surface area contributed by atoms with E-state index in [1.54, 1.807) is 42.5 Å². The van der Waals surface area contributed by atoms with Gasteiger partial charge in [-0.2, -0.15) is 0 Å². The third-order valence-corrected chi connectivity index (χ3v) is 6.34. The van der Waals surface area contributed by atoms with Gasteiger partial charge in [0.1, 0.15) is 10.6 Å². The van der Waals surface area contributed by atoms with Gasteiger partial charge >= 0.3 is 0 Å². The van der Waals surface area contributed by atoms with Crippen molar-refractivity contribution in [2.45, 2.75) is 11.8 Å². The van der Waals surface area contributed by atoms with E-state index >= 15 is 0 Å². The number of carbonyl (C=O) groups is 1. The van der Waals surface area contributed by atoms with Gasteiger partial charge in [-0.05, 0) is 55.0 Å². The number of nitrogens with one attached hydrogen (secondary N) is 1. The van der Waals surface area contributed by atoms with Gasteiger partial charge < -0.3 is 10.1 Å². The van der Waals surface area contributed by atoms with Gasteiger partial charge in [0, 0.05) is 18.3 Å². The number of carbonyl (C=O) groups excluding carboxylic acids is 1. The molecule has 0 aromatic heterocycles. The van der Waals surface area contributed by atoms with Crippen LogP contribution in [0.1, 0.15) is 15.9 Å². The first-order chi connectivity index (χ1) is 13.4. The summed E-state index contributed by atoms with van der Waals surface area (Å²) in [6.45, 7) is 1.88. The van der Waals surface area contributed by atoms with Gasteiger partial charge in [0.15, 0.2) is 5.75 Å². The number of benzene rings is 3. The third kappa shape index (κ3) is 3.10. The lowest BCUT2D eigenvalue weighted by Crippen LogP contribution is -2.26. The summed E-state index contributed by atoms with van der Waals surface area (Å²) in [6.07, 6.45) is 0. The van der Waals surface area contributed by atoms with E-state index in [0.29, 0.717) is 17.1 Å². The molecule has 0 spiro atoms. The molecule has 0 fully saturated rings. The van der Waals surface area contributed by atoms with Gasteiger partial charge in [0.2, 0.25) is 0 Å². The number of hydrogen-bond donors (Lipinski definition) is 1. The Labute approximate surface area is 163 Å². The maximum absolute atomic E-state index is 13.1. The van der Waals surface area contributed by atoms with Gasteiger partial charge in [-0.3, -0.25) is 9.10 Å². The molecule has 1 heterocycles. The monoisotopic (exact) mass is 394 g/mol. The van der Waals surface area contributed by atoms with Crippen molar-refractivity contribution in [1.82, 2.24) is 0 Å². The molecule has 1 amide bonds. The molecular weight excluding hydrogens is 376 g/mol. The Balaban J connectivity index is 1.76. The molecule has 6 nitrogen and oxygen atoms in total. The smallest absolute Gasteiger partial charge is 0.267 e. The summed E-state index contributed by atoms with van der Waals surface area (Å²) < 4.78 is 33.3. The number of rotatable bonds is 2. The average Bonchev–Trinajstić information content (AvgIpc) is 2.76. The maximum Gasteiger partial charge on any atom is 0.267 e. The Kier molecular flexibility index (Phi) is 4.31. The standard InChI is InChI=1S/C21H18N2O4S/c1-14-8-10-18-17(12-14)23(2)28(25,26)20-13-15(9-11-19(20)27-18)21(24)22-16-6-4-3-5-7-16/h3-13H,1-2H3,(H,22,24). The highest BCUT2D eigenvalue weighted by Gasteiger charge is 2.32. The van der Waals surface area contributed by atoms with Crippen LogP contribution in [0.4, 0.5) is 11.4 Å². The van der Waals surface area contributed by atoms with Crippen LogP contribution in [0, 0.1) is 6.92 Å². The molecule has 0 saturated heterocycles. The average molecular weight is 394 g/mol. The molecule has 0 atom stereocenters. The Morgan fingerprint density at radius 2 is 1.68 bits per heavy atom. The second-order valence-corrected chi connectivity index (χ2v) is 8.47. The van der Waals surface area contributed by atoms with Gasteiger partial charge in [-0.25, -0.2) is 8.42 Å². The van der Waals surface area contributed by atoms with E-state index in [-0.39, 0.29) is 16.2 Å². The van der Waals surface area contributed by atoms with Crippen LogP contribution in [0.2, 0.25) is 0 Å². The van der Waals surface area contributed by atoms with Crippen LogP contribution in [0.5, 0.6) is 11.5 Å². The summed E-state index contributed by atoms with van der Waals surface area (Å²) in [5, 5.41) is 2.76. The summed E-state index contributed by atoms with van der Waals surface area (Å²) in [4.78, 5) is 12.5. The van der Waals surface area contributed by atoms with Crippen molar-refractivity contribution in [2.75, 3.05) is 16.7 Å². The van der Waals surface area contributed by atoms with Crippen LogP contribution < -0.4 is 14.4 Å². The molecule has 3 aromatic carbocycles. The van der Waals surface area contributed by atoms with E-state index in [9.17, 15) is 13.2 Å². The van der Waals surface area contributed by atoms with Crippen LogP contribution in [0.25, 0.3) is 0 Å². The van der Waals surface area contributed by atoms with Crippen LogP contribution in [-0.4, -0.2) is 21.4 Å². The molecule has 4 rings (SSSR count). The molecule has 3 aromatic rings. The number of sulfonamides is 1. The second-order valence-electron chi connectivity index (χ2n) is 6.53. The Morgan fingerprint density at radius 1 is 0.964 bits per heavy atom. The largest absolute Gasteiger partial charge is 0.454 e. The maximum atomic E-state index is 13.1. The number of hydrogen-bond acceptors (Lipinski definition) is 4. The van der Waals surface area contributed by atoms with E-state index in [1.165, 1.54) is 23.5 Å². The van der Waals surface area contributed by atoms with Crippen molar-refractivity contribution in [3.63, 3.8) is 0 Å². The number of fused-ring (bicyclic) bond motifs is 2. The van der Waals surface area contributed by atoms with E-state index in [1.807, 2.05) is 19.1 Å². The normalized spacial score (nSPS) is 14.3. The van der Waals surface area contributed by atoms with Gasteiger partial charge in [0.25, 0.3) is 15.9 Å². The van der Waals surface area contributed by atoms with E-state index < -0.39 is 15.9 Å². The fraction of sp³-hybridized carbons (Fsp3) is 0.0952. The summed E-state index contributed by atoms with van der Waals surface area (Å²) >= 11 is 0. The molecular formula is C21H18N2O4S. The highest BCUT2D eigenvalue weighted by molar-refractivity contribution is 7.93. The first kappa shape index (κ1) is 18.1. The van der Waals surface area contributed by atoms with Crippen molar-refractivity contribution >= 4 is 27.3 Å². The first-order valence-corrected chi connectivity index (χ1v) is 10.1. The van der Waals surface area contributed by atoms with E-state index in [4.69, 9.17) is 4.74 Å². The third-order valence-electron chi connectivity index (χ3n) is 4.55. The topological polar surface area (TPSA) is 75.7 Å². The van der Waals surface area contributed by atoms with Crippen molar-refractivity contribution in [3.05, 3.63) is 77.9 Å². The minimum absolute atomic E-state index is 0.0513. The van der Waals surface area contributed by atoms with Crippen molar-refractivity contribution in [3.8, 4) is 11.5 Å². The summed E-state index contributed by atoms with van der Waals surface area (Å²) in [6, 6.07) is 18.7. The minimum atomic E-state index is -3.89. The Bertz CT molecular complexity index is 1170. The molecule has 1 N–H and O–H groups in total. The van der Waals surface area contributed by atoms with E-state index in [0.717, 1.165) is 5.56 Å². The van der Waals surface area contributed by atoms with Crippen LogP contribution in [-0.2, 0) is 10.0 Å². The summed E-state index contributed by atoms with van der Waals surface area (Å²) in [5.74, 6) is 0.229. The lowest BCUT2D eigenvalue weighted by molar-refractivity contribution is 0.102. The quantitative estimate of drug-likeness (QED) is 0.708. The van der Waals surface area contributed by atoms with Crippen molar-refractivity contribution in [1.29, 1.82) is 0 Å². The lowest BCUT2D eigenvalue weighted by Gasteiger charge is -2.18. The van der Waals surface area contributed by atoms with Crippen molar-refractivity contribution < 1.29 is 17.9 Å². The highest BCUT2D eigenvalue weighted by Crippen LogP contribution is 2.42. The fourth-order valence-corrected chi connectivity index (χ4v) is 4.35. The Hall–Kier alpha value is -3.32. The number of aryl methyl sites for hydroxylation is 1. The van der Waals surface area contributed by atoms with Crippen LogP contribution >= 0.6 is 0 Å². The lowest BCUT2D eigenvalue weighted by atomic mass is 10.2. The zero-order valence-electron chi connectivity index (χ0n) is 15.3. The summed E-state index contributed by atoms with van der Waals surface area (Å²) in [5.41, 5.74) is 2.22. The zero-order chi connectivity index (χ0) is 19.9. The molecule has 1 aliphatic rings. The fourth-order valence-electron chi connectivity index (χ4n) is 3.02. The Morgan fingerprint density at radius 3 is 2.43 bits per heavy atom. The SMILES string of the molecule is Cc1ccc2c(c1)N(C)S(=O)(=O)c1cc(C(=O)Nc3ccccc3)ccc1O2. The molecule has 0 bridgehead atoms. The molecule has 0 unspecified atom stereocenters. The second kappa shape index (κ2) is 6.69. The van der Waals surface area contributed by atoms with Gasteiger partial charge in [-0.15, -0.1) is 0 Å². The molecule has 0 radical (unpaired) electrons. The zero-order valence-corrected chi connectivity index (χ0v) is 16.2. The molecule has 7 heteroatoms. The van der Waals surface area contributed by atoms with Gasteiger partial charge in [-0.1, -0.05) is 24.3 Å². The number of amides is 1.